The van der Waals surface area contributed by atoms with Gasteiger partial charge in [-0.15, -0.1) is 0 Å². The topological polar surface area (TPSA) is 566 Å². The van der Waals surface area contributed by atoms with Crippen LogP contribution in [0.5, 0.6) is 0 Å². The van der Waals surface area contributed by atoms with Gasteiger partial charge in [0.1, 0.15) is 48.3 Å². The molecule has 12 amide bonds. The average Bonchev–Trinajstić information content (AvgIpc) is 2.49. The molecular weight excluding hydrogens is 1120 g/mol. The van der Waals surface area contributed by atoms with Gasteiger partial charge in [0.05, 0.1) is 25.2 Å². The Kier molecular flexibility index (Phi) is 28.1. The number of primary amides is 3. The molecule has 0 radical (unpaired) electrons. The largest absolute Gasteiger partial charge is 0.480 e. The molecule has 11 atom stereocenters. The van der Waals surface area contributed by atoms with Crippen molar-refractivity contribution in [2.75, 3.05) is 19.7 Å². The average molecular weight is 1200 g/mol. The maximum atomic E-state index is 14.8. The smallest absolute Gasteiger partial charge is 0.328 e. The number of aromatic nitrogens is 1. The van der Waals surface area contributed by atoms with E-state index >= 15 is 0 Å². The zero-order chi connectivity index (χ0) is 63.8. The highest BCUT2D eigenvalue weighted by Gasteiger charge is 2.41. The van der Waals surface area contributed by atoms with Crippen LogP contribution in [0.1, 0.15) is 97.5 Å². The minimum absolute atomic E-state index is 0.00706. The maximum absolute atomic E-state index is 14.8. The molecule has 0 aliphatic carbocycles. The van der Waals surface area contributed by atoms with Gasteiger partial charge in [-0.2, -0.15) is 0 Å². The van der Waals surface area contributed by atoms with Gasteiger partial charge in [0.25, 0.3) is 0 Å². The van der Waals surface area contributed by atoms with Gasteiger partial charge in [0.2, 0.25) is 70.9 Å². The normalized spacial score (nSPS) is 16.5. The van der Waals surface area contributed by atoms with Crippen molar-refractivity contribution >= 4 is 93.7 Å². The number of hydrogen-bond donors (Lipinski definition) is 18. The number of aliphatic imine (C=N–C) groups is 1. The summed E-state index contributed by atoms with van der Waals surface area (Å²) in [4.78, 5) is 180. The number of nitrogens with two attached hydrogens (primary N) is 6. The first kappa shape index (κ1) is 70.3. The number of carboxylic acid groups (broad SMARTS) is 1. The van der Waals surface area contributed by atoms with Crippen LogP contribution in [0.15, 0.2) is 35.5 Å². The fraction of sp³-hybridized carbons (Fsp3) is 0.577. The van der Waals surface area contributed by atoms with E-state index in [4.69, 9.17) is 34.4 Å². The second-order valence-electron chi connectivity index (χ2n) is 21.0. The molecule has 1 fully saturated rings. The van der Waals surface area contributed by atoms with Crippen LogP contribution in [0.25, 0.3) is 10.9 Å². The predicted octanol–water partition coefficient (Wildman–Crippen LogP) is -7.11. The lowest BCUT2D eigenvalue weighted by Crippen LogP contribution is -2.61. The summed E-state index contributed by atoms with van der Waals surface area (Å²) < 4.78 is 0. The SMILES string of the molecule is CC(C)C[C@H](NC(=O)[C@H](C)NC(=O)[C@@H]1CCCN1C(=O)[C@H](Cc1c[nH]c2ccccc12)NC(=O)[C@H](CC(N)=O)NC(=O)[C@H](CO)NC(=O)[C@H](CCCN=C(N)N)NC(=O)[C@H](CCC(N)=O)NC(=O)[C@@H](N)CCC(N)=O)C(=O)N[C@H](C(=O)O)[C@@H](C)O. The molecule has 33 nitrogen and oxygen atoms in total. The van der Waals surface area contributed by atoms with Crippen molar-refractivity contribution in [3.63, 3.8) is 0 Å². The Morgan fingerprint density at radius 3 is 1.79 bits per heavy atom. The van der Waals surface area contributed by atoms with E-state index in [1.165, 1.54) is 11.8 Å². The number of rotatable bonds is 36. The summed E-state index contributed by atoms with van der Waals surface area (Å²) in [6, 6.07) is -8.39. The fourth-order valence-corrected chi connectivity index (χ4v) is 8.97. The minimum Gasteiger partial charge on any atom is -0.480 e. The summed E-state index contributed by atoms with van der Waals surface area (Å²) in [5, 5.41) is 49.6. The molecule has 1 aliphatic rings. The molecule has 2 heterocycles. The Morgan fingerprint density at radius 2 is 1.20 bits per heavy atom. The van der Waals surface area contributed by atoms with E-state index in [0.29, 0.717) is 16.5 Å². The van der Waals surface area contributed by atoms with E-state index in [0.717, 1.165) is 6.92 Å². The molecule has 1 aromatic heterocycles. The molecule has 2 aromatic rings. The van der Waals surface area contributed by atoms with Crippen LogP contribution in [-0.4, -0.2) is 194 Å². The number of aliphatic carboxylic acids is 1. The number of likely N-dealkylation sites (tertiary alicyclic amines) is 1. The Morgan fingerprint density at radius 1 is 0.659 bits per heavy atom. The summed E-state index contributed by atoms with van der Waals surface area (Å²) in [6.07, 6.45) is -2.19. The standard InChI is InChI=1S/C52H81N17O16/c1-24(2)19-33(47(80)68-41(26(4)71)51(84)85)64-42(75)25(3)61-49(82)37-12-8-18-69(37)50(83)35(20-27-22-60-30-10-6-5-9-28(27)30)66-46(79)34(21-40(56)74)65-48(81)36(23-70)67-44(77)31(11-7-17-59-52(57)58)63-45(78)32(14-16-39(55)73)62-43(76)29(53)13-15-38(54)72/h5-6,9-10,22,24-26,29,31-37,41,60,70-71H,7-8,11-21,23,53H2,1-4H3,(H2,54,72)(H2,55,73)(H2,56,74)(H,61,82)(H,62,76)(H,63,78)(H,64,75)(H,65,81)(H,66,79)(H,67,77)(H,68,80)(H,84,85)(H4,57,58,59)/t25-,26+,29-,31-,32-,33-,34-,35-,36-,37-,41-/m0/s1. The number of aliphatic hydroxyl groups excluding tert-OH is 2. The lowest BCUT2D eigenvalue weighted by Gasteiger charge is -2.31. The van der Waals surface area contributed by atoms with Gasteiger partial charge >= 0.3 is 5.97 Å². The zero-order valence-electron chi connectivity index (χ0n) is 47.7. The van der Waals surface area contributed by atoms with Crippen molar-refractivity contribution in [2.45, 2.75) is 165 Å². The molecule has 85 heavy (non-hydrogen) atoms. The number of fused-ring (bicyclic) bond motifs is 1. The van der Waals surface area contributed by atoms with Crippen molar-refractivity contribution in [1.29, 1.82) is 0 Å². The molecule has 1 aliphatic heterocycles. The van der Waals surface area contributed by atoms with Crippen molar-refractivity contribution in [3.8, 4) is 0 Å². The lowest BCUT2D eigenvalue weighted by atomic mass is 10.0. The summed E-state index contributed by atoms with van der Waals surface area (Å²) in [5.74, 6) is -13.6. The number of aromatic amines is 1. The number of nitrogens with one attached hydrogen (secondary N) is 9. The molecule has 470 valence electrons. The molecular formula is C52H81N17O16. The van der Waals surface area contributed by atoms with Gasteiger partial charge in [-0.3, -0.25) is 62.5 Å². The Bertz CT molecular complexity index is 2770. The first-order chi connectivity index (χ1) is 39.9. The van der Waals surface area contributed by atoms with Crippen LogP contribution in [0.2, 0.25) is 0 Å². The van der Waals surface area contributed by atoms with Crippen LogP contribution >= 0.6 is 0 Å². The van der Waals surface area contributed by atoms with Gasteiger partial charge in [-0.25, -0.2) is 4.79 Å². The maximum Gasteiger partial charge on any atom is 0.328 e. The summed E-state index contributed by atoms with van der Waals surface area (Å²) in [7, 11) is 0. The number of carbonyl (C=O) groups excluding carboxylic acids is 12. The second-order valence-corrected chi connectivity index (χ2v) is 21.0. The molecule has 1 saturated heterocycles. The van der Waals surface area contributed by atoms with Gasteiger partial charge in [-0.05, 0) is 76.3 Å². The third-order valence-corrected chi connectivity index (χ3v) is 13.5. The molecule has 3 rings (SSSR count). The molecule has 24 N–H and O–H groups in total. The van der Waals surface area contributed by atoms with E-state index in [2.05, 4.69) is 52.5 Å². The zero-order valence-corrected chi connectivity index (χ0v) is 47.7. The van der Waals surface area contributed by atoms with E-state index in [1.54, 1.807) is 44.3 Å². The quantitative estimate of drug-likeness (QED) is 0.0171. The Balaban J connectivity index is 1.91. The molecule has 0 spiro atoms. The number of benzene rings is 1. The van der Waals surface area contributed by atoms with Gasteiger partial charge in [-0.1, -0.05) is 32.0 Å². The van der Waals surface area contributed by atoms with Crippen molar-refractivity contribution in [2.24, 2.45) is 45.3 Å². The molecule has 0 bridgehead atoms. The highest BCUT2D eigenvalue weighted by atomic mass is 16.4. The van der Waals surface area contributed by atoms with Crippen molar-refractivity contribution < 1.29 is 77.6 Å². The number of aliphatic hydroxyl groups is 2. The van der Waals surface area contributed by atoms with Crippen LogP contribution < -0.4 is 76.9 Å². The Labute approximate surface area is 488 Å². The van der Waals surface area contributed by atoms with E-state index in [-0.39, 0.29) is 82.8 Å². The molecule has 33 heteroatoms. The summed E-state index contributed by atoms with van der Waals surface area (Å²) in [6.45, 7) is 4.72. The predicted molar refractivity (Wildman–Crippen MR) is 302 cm³/mol. The Hall–Kier alpha value is -8.98. The van der Waals surface area contributed by atoms with Crippen molar-refractivity contribution in [3.05, 3.63) is 36.0 Å². The first-order valence-electron chi connectivity index (χ1n) is 27.4. The molecule has 0 unspecified atom stereocenters. The number of carbonyl (C=O) groups is 13. The third-order valence-electron chi connectivity index (χ3n) is 13.5. The number of hydrogen-bond acceptors (Lipinski definition) is 17. The number of H-pyrrole nitrogens is 1. The van der Waals surface area contributed by atoms with Crippen LogP contribution in [0.3, 0.4) is 0 Å². The molecule has 1 aromatic carbocycles. The highest BCUT2D eigenvalue weighted by Crippen LogP contribution is 2.24. The number of amides is 12. The number of carboxylic acids is 1. The minimum atomic E-state index is -1.92. The van der Waals surface area contributed by atoms with Crippen molar-refractivity contribution in [1.82, 2.24) is 52.4 Å². The number of guanidine groups is 1. The highest BCUT2D eigenvalue weighted by molar-refractivity contribution is 6.00. The van der Waals surface area contributed by atoms with E-state index in [1.807, 2.05) is 0 Å². The summed E-state index contributed by atoms with van der Waals surface area (Å²) in [5.41, 5.74) is 33.9. The fourth-order valence-electron chi connectivity index (χ4n) is 8.97. The first-order valence-corrected chi connectivity index (χ1v) is 27.4. The van der Waals surface area contributed by atoms with Gasteiger partial charge < -0.3 is 102 Å². The van der Waals surface area contributed by atoms with Crippen LogP contribution in [0, 0.1) is 5.92 Å². The third kappa shape index (κ3) is 22.9. The number of nitrogens with zero attached hydrogens (tertiary/aromatic N) is 2. The summed E-state index contributed by atoms with van der Waals surface area (Å²) >= 11 is 0. The van der Waals surface area contributed by atoms with Gasteiger partial charge in [0.15, 0.2) is 12.0 Å². The monoisotopic (exact) mass is 1200 g/mol. The number of para-hydroxylation sites is 1. The van der Waals surface area contributed by atoms with Gasteiger partial charge in [0, 0.05) is 49.5 Å². The molecule has 0 saturated carbocycles. The van der Waals surface area contributed by atoms with E-state index in [9.17, 15) is 77.6 Å². The van der Waals surface area contributed by atoms with Crippen LogP contribution in [0.4, 0.5) is 0 Å². The lowest BCUT2D eigenvalue weighted by molar-refractivity contribution is -0.145. The van der Waals surface area contributed by atoms with E-state index < -0.39 is 163 Å². The van der Waals surface area contributed by atoms with Crippen LogP contribution in [-0.2, 0) is 68.7 Å². The second kappa shape index (κ2) is 34.0.